The Morgan fingerprint density at radius 3 is 2.29 bits per heavy atom. The number of benzene rings is 1. The summed E-state index contributed by atoms with van der Waals surface area (Å²) in [6.45, 7) is 12.8. The van der Waals surface area contributed by atoms with Crippen LogP contribution < -0.4 is 25.0 Å². The van der Waals surface area contributed by atoms with Crippen LogP contribution in [0.4, 0.5) is 0 Å². The topological polar surface area (TPSA) is 287 Å². The van der Waals surface area contributed by atoms with Gasteiger partial charge in [-0.3, -0.25) is 14.4 Å². The number of likely N-dealkylation sites (N-methyl/N-ethyl adjacent to an activating group) is 1. The van der Waals surface area contributed by atoms with Crippen molar-refractivity contribution < 1.29 is 96.9 Å². The van der Waals surface area contributed by atoms with Crippen LogP contribution in [0.3, 0.4) is 0 Å². The van der Waals surface area contributed by atoms with E-state index in [4.69, 9.17) is 56.9 Å². The number of carbonyl (C=O) groups is 3. The van der Waals surface area contributed by atoms with Crippen LogP contribution in [0.15, 0.2) is 23.3 Å². The largest absolute Gasteiger partial charge is 0.492 e. The lowest BCUT2D eigenvalue weighted by Crippen LogP contribution is -2.69. The average Bonchev–Trinajstić information content (AvgIpc) is 1.56. The fraction of sp³-hybridized carbons (Fsp3) is 0.721. The smallest absolute Gasteiger partial charge is 0.229 e. The summed E-state index contributed by atoms with van der Waals surface area (Å²) < 4.78 is 68.4. The first-order chi connectivity index (χ1) is 41.5. The molecule has 22 nitrogen and oxygen atoms in total. The molecule has 1 spiro atoms. The minimum atomic E-state index is -1.71. The lowest BCUT2D eigenvalue weighted by molar-refractivity contribution is -0.342. The molecule has 4 aliphatic carbocycles. The van der Waals surface area contributed by atoms with E-state index in [1.54, 1.807) is 69.4 Å². The molecular formula is C61H83IN2O20S3. The number of allylic oxidation sites excluding steroid dienone is 2. The molecule has 0 radical (unpaired) electrons. The van der Waals surface area contributed by atoms with Gasteiger partial charge in [0.1, 0.15) is 53.8 Å². The molecule has 1 aromatic rings. The Kier molecular flexibility index (Phi) is 23.3. The molecular weight excluding hydrogens is 1300 g/mol. The average molecular weight is 1390 g/mol. The van der Waals surface area contributed by atoms with Crippen LogP contribution in [0.25, 0.3) is 0 Å². The number of Topliss-reactive ketones (excluding diaryl/α,β-unsaturated/α-hetero) is 2. The SMILES string of the molecule is CCN[C@H]1CO[C@@H](O[C@H]2[C@H](O[C@H]3C#C/C=C(/C)C#CC45C(CC(C)=O)C(=O)C[C@]4(O)/C(=C/CSSC4CCC4)C35)O[C@H](C)[C@@H](NO[C@H]3C[C@H](O)[C@H](SC(=O)c4c(C)c(I)c(O[C@@H]5O[C@@H](C)[C@H](O)[C@@H](OC)[C@H]5O)c(OC)c4OC)[C@@H](C)O3)[C@@H]2O)C[C@@H]1OC. The maximum absolute atomic E-state index is 14.5. The zero-order chi connectivity index (χ0) is 62.8. The molecule has 0 bridgehead atoms. The first-order valence-corrected chi connectivity index (χ1v) is 34.0. The van der Waals surface area contributed by atoms with Crippen molar-refractivity contribution in [1.82, 2.24) is 10.8 Å². The molecule has 1 aromatic carbocycles. The van der Waals surface area contributed by atoms with Gasteiger partial charge in [0.25, 0.3) is 0 Å². The zero-order valence-electron chi connectivity index (χ0n) is 50.8. The Labute approximate surface area is 534 Å². The second-order valence-electron chi connectivity index (χ2n) is 23.5. The number of carbonyl (C=O) groups excluding carboxylic acids is 3. The van der Waals surface area contributed by atoms with Crippen molar-refractivity contribution in [3.8, 4) is 40.9 Å². The van der Waals surface area contributed by atoms with Crippen molar-refractivity contribution in [3.63, 3.8) is 0 Å². The van der Waals surface area contributed by atoms with E-state index in [1.807, 2.05) is 35.6 Å². The number of ether oxygens (including phenoxy) is 11. The maximum atomic E-state index is 14.5. The van der Waals surface area contributed by atoms with Crippen LogP contribution in [-0.2, 0) is 52.3 Å². The van der Waals surface area contributed by atoms with Crippen LogP contribution in [0.5, 0.6) is 17.2 Å². The molecule has 4 heterocycles. The second-order valence-corrected chi connectivity index (χ2v) is 28.4. The van der Waals surface area contributed by atoms with Crippen molar-refractivity contribution in [2.45, 2.75) is 214 Å². The Morgan fingerprint density at radius 1 is 0.897 bits per heavy atom. The van der Waals surface area contributed by atoms with Crippen LogP contribution >= 0.6 is 55.9 Å². The van der Waals surface area contributed by atoms with E-state index in [9.17, 15) is 39.9 Å². The molecule has 7 N–H and O–H groups in total. The van der Waals surface area contributed by atoms with Gasteiger partial charge < -0.3 is 87.7 Å². The van der Waals surface area contributed by atoms with Crippen LogP contribution in [-0.4, -0.2) is 210 Å². The third-order valence-corrected chi connectivity index (χ3v) is 23.4. The third kappa shape index (κ3) is 13.9. The number of hydrogen-bond acceptors (Lipinski definition) is 25. The van der Waals surface area contributed by atoms with E-state index in [1.165, 1.54) is 34.7 Å². The molecule has 4 saturated heterocycles. The number of halogens is 1. The van der Waals surface area contributed by atoms with Gasteiger partial charge >= 0.3 is 0 Å². The van der Waals surface area contributed by atoms with Crippen molar-refractivity contribution in [2.75, 3.05) is 47.3 Å². The molecule has 26 heteroatoms. The summed E-state index contributed by atoms with van der Waals surface area (Å²) in [5, 5.41) is 61.7. The number of ketones is 2. The Balaban J connectivity index is 0.936. The fourth-order valence-corrected chi connectivity index (χ4v) is 17.5. The molecule has 8 aliphatic rings. The number of thioether (sulfide) groups is 1. The van der Waals surface area contributed by atoms with E-state index < -0.39 is 125 Å². The summed E-state index contributed by atoms with van der Waals surface area (Å²) in [5.74, 6) is 11.4. The summed E-state index contributed by atoms with van der Waals surface area (Å²) in [6.07, 6.45) is -9.12. The van der Waals surface area contributed by atoms with Gasteiger partial charge in [-0.05, 0) is 101 Å². The van der Waals surface area contributed by atoms with Crippen molar-refractivity contribution in [2.24, 2.45) is 17.3 Å². The van der Waals surface area contributed by atoms with Crippen molar-refractivity contribution >= 4 is 72.6 Å². The monoisotopic (exact) mass is 1390 g/mol. The van der Waals surface area contributed by atoms with Gasteiger partial charge in [0.05, 0.1) is 83.2 Å². The Hall–Kier alpha value is -2.63. The van der Waals surface area contributed by atoms with E-state index in [0.717, 1.165) is 24.6 Å². The van der Waals surface area contributed by atoms with Crippen LogP contribution in [0.1, 0.15) is 102 Å². The highest BCUT2D eigenvalue weighted by atomic mass is 127. The highest BCUT2D eigenvalue weighted by Gasteiger charge is 2.78. The lowest BCUT2D eigenvalue weighted by Gasteiger charge is -2.60. The Bertz CT molecular complexity index is 2850. The Morgan fingerprint density at radius 2 is 1.63 bits per heavy atom. The fourth-order valence-electron chi connectivity index (χ4n) is 13.1. The summed E-state index contributed by atoms with van der Waals surface area (Å²) in [7, 11) is 9.20. The van der Waals surface area contributed by atoms with Crippen molar-refractivity contribution in [3.05, 3.63) is 38.0 Å². The minimum absolute atomic E-state index is 0.0412. The highest BCUT2D eigenvalue weighted by Crippen LogP contribution is 2.70. The van der Waals surface area contributed by atoms with Crippen LogP contribution in [0.2, 0.25) is 0 Å². The van der Waals surface area contributed by atoms with E-state index in [0.29, 0.717) is 37.8 Å². The minimum Gasteiger partial charge on any atom is -0.492 e. The molecule has 9 rings (SSSR count). The summed E-state index contributed by atoms with van der Waals surface area (Å²) in [5.41, 5.74) is 1.52. The lowest BCUT2D eigenvalue weighted by atomic mass is 9.44. The van der Waals surface area contributed by atoms with Gasteiger partial charge in [-0.2, -0.15) is 5.48 Å². The van der Waals surface area contributed by atoms with Gasteiger partial charge in [0.15, 0.2) is 30.4 Å². The molecule has 87 heavy (non-hydrogen) atoms. The number of hydrogen-bond donors (Lipinski definition) is 7. The number of aliphatic hydroxyl groups excluding tert-OH is 4. The summed E-state index contributed by atoms with van der Waals surface area (Å²) in [6, 6.07) is -1.17. The number of nitrogens with one attached hydrogen (secondary N) is 2. The van der Waals surface area contributed by atoms with Gasteiger partial charge in [0, 0.05) is 68.3 Å². The quantitative estimate of drug-likeness (QED) is 0.0199. The first-order valence-electron chi connectivity index (χ1n) is 29.6. The number of aliphatic hydroxyl groups is 5. The molecule has 0 amide bonds. The molecule has 3 unspecified atom stereocenters. The first kappa shape index (κ1) is 68.7. The second kappa shape index (κ2) is 29.5. The maximum Gasteiger partial charge on any atom is 0.229 e. The van der Waals surface area contributed by atoms with E-state index >= 15 is 0 Å². The molecule has 3 saturated carbocycles. The number of rotatable bonds is 23. The molecule has 7 fully saturated rings. The standard InChI is InChI=1S/C61H83IN2O20S3/c1-12-63-37-27-77-42(25-41(37)73-8)82-54-49(69)47(31(5)79-59(54)81-40-18-13-15-28(2)19-21-60-36(23-29(3)65)39(67)26-61(60,72)35(45(40)60)20-22-85-87-34-16-14-17-34)64-84-43-24-38(66)56(33(7)78-43)86-57(71)44-30(4)46(62)52(55(76-11)51(44)74-9)83-58-50(70)53(75-10)48(68)32(6)80-58/h15,20,31-34,36-38,40-43,45,47-50,53-54,56,58-59,63-64,66,68-70,72H,12,14,16-17,22-27H2,1-11H3/b28-15-,35-20+/t31-,32+,33-,36?,37+,38+,40+,41+,42+,43+,45?,47-,48+,49+,50-,53-,54-,56-,58+,59+,60?,61+/m1/s1. The molecule has 4 aliphatic heterocycles. The molecule has 22 atom stereocenters. The van der Waals surface area contributed by atoms with Gasteiger partial charge in [-0.25, -0.2) is 0 Å². The van der Waals surface area contributed by atoms with Crippen LogP contribution in [0, 0.1) is 51.4 Å². The predicted molar refractivity (Wildman–Crippen MR) is 331 cm³/mol. The normalized spacial score (nSPS) is 40.3. The number of hydroxylamine groups is 1. The number of methoxy groups -OCH3 is 4. The van der Waals surface area contributed by atoms with Gasteiger partial charge in [-0.15, -0.1) is 0 Å². The summed E-state index contributed by atoms with van der Waals surface area (Å²) in [4.78, 5) is 47.9. The molecule has 0 aromatic heterocycles. The molecule has 482 valence electrons. The zero-order valence-corrected chi connectivity index (χ0v) is 55.4. The van der Waals surface area contributed by atoms with E-state index in [2.05, 4.69) is 34.5 Å². The third-order valence-electron chi connectivity index (χ3n) is 17.9. The predicted octanol–water partition coefficient (Wildman–Crippen LogP) is 4.46. The van der Waals surface area contributed by atoms with E-state index in [-0.39, 0.29) is 78.8 Å². The summed E-state index contributed by atoms with van der Waals surface area (Å²) >= 11 is 2.86. The van der Waals surface area contributed by atoms with Crippen molar-refractivity contribution in [1.29, 1.82) is 0 Å². The van der Waals surface area contributed by atoms with Gasteiger partial charge in [-0.1, -0.05) is 76.5 Å². The van der Waals surface area contributed by atoms with Gasteiger partial charge in [0.2, 0.25) is 17.2 Å². The highest BCUT2D eigenvalue weighted by molar-refractivity contribution is 14.1.